The molecule has 18 heavy (non-hydrogen) atoms. The van der Waals surface area contributed by atoms with Crippen molar-refractivity contribution >= 4 is 5.91 Å². The number of rotatable bonds is 2. The Labute approximate surface area is 104 Å². The van der Waals surface area contributed by atoms with Gasteiger partial charge in [0.1, 0.15) is 0 Å². The molecule has 0 aromatic heterocycles. The van der Waals surface area contributed by atoms with Crippen LogP contribution in [0.1, 0.15) is 29.6 Å². The molecule has 0 bridgehead atoms. The van der Waals surface area contributed by atoms with Crippen LogP contribution in [0.15, 0.2) is 18.2 Å². The van der Waals surface area contributed by atoms with Crippen LogP contribution in [0.2, 0.25) is 0 Å². The minimum absolute atomic E-state index is 0.102. The number of likely N-dealkylation sites (tertiary alicyclic amines) is 1. The van der Waals surface area contributed by atoms with Crippen molar-refractivity contribution in [2.45, 2.75) is 25.3 Å². The SMILES string of the molecule is O=C(c1ccc(F)c(F)c1)N1CCCCC1CO. The lowest BCUT2D eigenvalue weighted by atomic mass is 10.0. The molecule has 0 aliphatic carbocycles. The van der Waals surface area contributed by atoms with Gasteiger partial charge < -0.3 is 10.0 Å². The lowest BCUT2D eigenvalue weighted by Gasteiger charge is -2.34. The molecule has 1 unspecified atom stereocenters. The first-order chi connectivity index (χ1) is 8.63. The van der Waals surface area contributed by atoms with Crippen LogP contribution in [-0.4, -0.2) is 35.1 Å². The third kappa shape index (κ3) is 2.51. The average Bonchev–Trinajstić information content (AvgIpc) is 2.41. The molecule has 0 saturated carbocycles. The van der Waals surface area contributed by atoms with Crippen LogP contribution in [0.5, 0.6) is 0 Å². The maximum Gasteiger partial charge on any atom is 0.254 e. The number of carbonyl (C=O) groups is 1. The maximum atomic E-state index is 13.1. The van der Waals surface area contributed by atoms with Crippen molar-refractivity contribution in [1.29, 1.82) is 0 Å². The van der Waals surface area contributed by atoms with E-state index in [4.69, 9.17) is 0 Å². The van der Waals surface area contributed by atoms with Gasteiger partial charge in [-0.1, -0.05) is 0 Å². The third-order valence-corrected chi connectivity index (χ3v) is 3.27. The Morgan fingerprint density at radius 2 is 2.11 bits per heavy atom. The Morgan fingerprint density at radius 1 is 1.33 bits per heavy atom. The first-order valence-corrected chi connectivity index (χ1v) is 6.00. The molecule has 1 N–H and O–H groups in total. The van der Waals surface area contributed by atoms with E-state index in [1.54, 1.807) is 0 Å². The van der Waals surface area contributed by atoms with Gasteiger partial charge in [-0.25, -0.2) is 8.78 Å². The van der Waals surface area contributed by atoms with E-state index in [-0.39, 0.29) is 24.1 Å². The summed E-state index contributed by atoms with van der Waals surface area (Å²) in [6.07, 6.45) is 2.57. The second-order valence-corrected chi connectivity index (χ2v) is 4.46. The summed E-state index contributed by atoms with van der Waals surface area (Å²) < 4.78 is 25.9. The predicted molar refractivity (Wildman–Crippen MR) is 62.1 cm³/mol. The highest BCUT2D eigenvalue weighted by Crippen LogP contribution is 2.20. The van der Waals surface area contributed by atoms with Gasteiger partial charge in [0.15, 0.2) is 11.6 Å². The molecule has 1 aromatic rings. The number of hydrogen-bond acceptors (Lipinski definition) is 2. The van der Waals surface area contributed by atoms with Crippen LogP contribution in [0.3, 0.4) is 0 Å². The van der Waals surface area contributed by atoms with Crippen molar-refractivity contribution in [1.82, 2.24) is 4.90 Å². The van der Waals surface area contributed by atoms with Gasteiger partial charge in [-0.05, 0) is 37.5 Å². The van der Waals surface area contributed by atoms with Gasteiger partial charge in [-0.2, -0.15) is 0 Å². The van der Waals surface area contributed by atoms with Gasteiger partial charge in [0.2, 0.25) is 0 Å². The van der Waals surface area contributed by atoms with Crippen LogP contribution in [0.25, 0.3) is 0 Å². The van der Waals surface area contributed by atoms with Crippen LogP contribution >= 0.6 is 0 Å². The number of benzene rings is 1. The highest BCUT2D eigenvalue weighted by atomic mass is 19.2. The van der Waals surface area contributed by atoms with E-state index in [1.807, 2.05) is 0 Å². The van der Waals surface area contributed by atoms with E-state index in [0.29, 0.717) is 6.54 Å². The van der Waals surface area contributed by atoms with Gasteiger partial charge in [0, 0.05) is 12.1 Å². The quantitative estimate of drug-likeness (QED) is 0.877. The zero-order valence-corrected chi connectivity index (χ0v) is 9.90. The van der Waals surface area contributed by atoms with Gasteiger partial charge in [-0.3, -0.25) is 4.79 Å². The molecule has 2 rings (SSSR count). The van der Waals surface area contributed by atoms with E-state index in [0.717, 1.165) is 31.4 Å². The highest BCUT2D eigenvalue weighted by Gasteiger charge is 2.27. The number of halogens is 2. The molecular weight excluding hydrogens is 240 g/mol. The second kappa shape index (κ2) is 5.44. The average molecular weight is 255 g/mol. The zero-order chi connectivity index (χ0) is 13.1. The maximum absolute atomic E-state index is 13.1. The molecule has 0 radical (unpaired) electrons. The van der Waals surface area contributed by atoms with Crippen LogP contribution in [0.4, 0.5) is 8.78 Å². The summed E-state index contributed by atoms with van der Waals surface area (Å²) in [5.74, 6) is -2.35. The monoisotopic (exact) mass is 255 g/mol. The Morgan fingerprint density at radius 3 is 2.78 bits per heavy atom. The lowest BCUT2D eigenvalue weighted by Crippen LogP contribution is -2.45. The molecule has 1 saturated heterocycles. The summed E-state index contributed by atoms with van der Waals surface area (Å²) in [7, 11) is 0. The summed E-state index contributed by atoms with van der Waals surface area (Å²) in [5, 5.41) is 9.23. The molecule has 98 valence electrons. The lowest BCUT2D eigenvalue weighted by molar-refractivity contribution is 0.0502. The molecule has 1 atom stereocenters. The topological polar surface area (TPSA) is 40.5 Å². The van der Waals surface area contributed by atoms with Gasteiger partial charge >= 0.3 is 0 Å². The summed E-state index contributed by atoms with van der Waals surface area (Å²) in [4.78, 5) is 13.7. The van der Waals surface area contributed by atoms with E-state index >= 15 is 0 Å². The van der Waals surface area contributed by atoms with Crippen molar-refractivity contribution in [3.8, 4) is 0 Å². The number of carbonyl (C=O) groups excluding carboxylic acids is 1. The van der Waals surface area contributed by atoms with Crippen molar-refractivity contribution in [3.05, 3.63) is 35.4 Å². The molecule has 1 aliphatic rings. The minimum Gasteiger partial charge on any atom is -0.394 e. The second-order valence-electron chi connectivity index (χ2n) is 4.46. The third-order valence-electron chi connectivity index (χ3n) is 3.27. The number of amides is 1. The van der Waals surface area contributed by atoms with E-state index < -0.39 is 11.6 Å². The molecule has 3 nitrogen and oxygen atoms in total. The van der Waals surface area contributed by atoms with Crippen molar-refractivity contribution in [2.24, 2.45) is 0 Å². The zero-order valence-electron chi connectivity index (χ0n) is 9.90. The van der Waals surface area contributed by atoms with E-state index in [2.05, 4.69) is 0 Å². The van der Waals surface area contributed by atoms with Crippen LogP contribution in [0, 0.1) is 11.6 Å². The molecule has 1 aliphatic heterocycles. The van der Waals surface area contributed by atoms with Crippen LogP contribution in [-0.2, 0) is 0 Å². The number of hydrogen-bond donors (Lipinski definition) is 1. The summed E-state index contributed by atoms with van der Waals surface area (Å²) in [6, 6.07) is 2.89. The van der Waals surface area contributed by atoms with Crippen LogP contribution < -0.4 is 0 Å². The van der Waals surface area contributed by atoms with Gasteiger partial charge in [-0.15, -0.1) is 0 Å². The fourth-order valence-corrected chi connectivity index (χ4v) is 2.25. The summed E-state index contributed by atoms with van der Waals surface area (Å²) >= 11 is 0. The normalized spacial score (nSPS) is 19.9. The molecule has 1 fully saturated rings. The number of aliphatic hydroxyl groups excluding tert-OH is 1. The molecule has 1 aromatic carbocycles. The van der Waals surface area contributed by atoms with Crippen molar-refractivity contribution < 1.29 is 18.7 Å². The fourth-order valence-electron chi connectivity index (χ4n) is 2.25. The number of nitrogens with zero attached hydrogens (tertiary/aromatic N) is 1. The van der Waals surface area contributed by atoms with Gasteiger partial charge in [0.05, 0.1) is 12.6 Å². The van der Waals surface area contributed by atoms with E-state index in [1.165, 1.54) is 11.0 Å². The van der Waals surface area contributed by atoms with Gasteiger partial charge in [0.25, 0.3) is 5.91 Å². The summed E-state index contributed by atoms with van der Waals surface area (Å²) in [6.45, 7) is 0.443. The first-order valence-electron chi connectivity index (χ1n) is 6.00. The first kappa shape index (κ1) is 13.0. The Balaban J connectivity index is 2.21. The van der Waals surface area contributed by atoms with Crippen molar-refractivity contribution in [3.63, 3.8) is 0 Å². The molecule has 0 spiro atoms. The Bertz CT molecular complexity index is 451. The standard InChI is InChI=1S/C13H15F2NO2/c14-11-5-4-9(7-12(11)15)13(18)16-6-2-1-3-10(16)8-17/h4-5,7,10,17H,1-3,6,8H2. The Kier molecular flexibility index (Phi) is 3.91. The molecule has 1 amide bonds. The largest absolute Gasteiger partial charge is 0.394 e. The Hall–Kier alpha value is -1.49. The number of aliphatic hydroxyl groups is 1. The summed E-state index contributed by atoms with van der Waals surface area (Å²) in [5.41, 5.74) is 0.120. The molecule has 5 heteroatoms. The predicted octanol–water partition coefficient (Wildman–Crippen LogP) is 1.95. The number of piperidine rings is 1. The minimum atomic E-state index is -1.03. The molecular formula is C13H15F2NO2. The molecule has 1 heterocycles. The fraction of sp³-hybridized carbons (Fsp3) is 0.462. The highest BCUT2D eigenvalue weighted by molar-refractivity contribution is 5.94. The van der Waals surface area contributed by atoms with Crippen molar-refractivity contribution in [2.75, 3.05) is 13.2 Å². The smallest absolute Gasteiger partial charge is 0.254 e. The van der Waals surface area contributed by atoms with E-state index in [9.17, 15) is 18.7 Å².